The lowest BCUT2D eigenvalue weighted by molar-refractivity contribution is 0.629. The van der Waals surface area contributed by atoms with E-state index in [1.807, 2.05) is 0 Å². The monoisotopic (exact) mass is 238 g/mol. The predicted molar refractivity (Wildman–Crippen MR) is 65.1 cm³/mol. The fraction of sp³-hybridized carbons (Fsp3) is 0. The highest BCUT2D eigenvalue weighted by atomic mass is 19.1. The summed E-state index contributed by atoms with van der Waals surface area (Å²) in [5.74, 6) is -0.296. The molecule has 1 aromatic carbocycles. The van der Waals surface area contributed by atoms with E-state index in [1.165, 1.54) is 18.3 Å². The Morgan fingerprint density at radius 2 is 2.06 bits per heavy atom. The first-order valence-electron chi connectivity index (χ1n) is 5.24. The van der Waals surface area contributed by atoms with Gasteiger partial charge < -0.3 is 0 Å². The first kappa shape index (κ1) is 10.4. The van der Waals surface area contributed by atoms with Crippen molar-refractivity contribution in [3.05, 3.63) is 60.1 Å². The van der Waals surface area contributed by atoms with Crippen LogP contribution in [0.15, 0.2) is 42.9 Å². The first-order valence-corrected chi connectivity index (χ1v) is 5.24. The van der Waals surface area contributed by atoms with E-state index in [2.05, 4.69) is 14.9 Å². The summed E-state index contributed by atoms with van der Waals surface area (Å²) < 4.78 is 14.7. The van der Waals surface area contributed by atoms with Crippen LogP contribution in [0.25, 0.3) is 21.4 Å². The summed E-state index contributed by atoms with van der Waals surface area (Å²) in [5.41, 5.74) is 1.91. The molecule has 0 saturated carbocycles. The zero-order valence-corrected chi connectivity index (χ0v) is 9.21. The smallest absolute Gasteiger partial charge is 0.207 e. The van der Waals surface area contributed by atoms with Crippen LogP contribution in [0, 0.1) is 12.4 Å². The maximum absolute atomic E-state index is 13.1. The van der Waals surface area contributed by atoms with Gasteiger partial charge in [-0.1, -0.05) is 0 Å². The number of pyridine rings is 1. The molecule has 3 rings (SSSR count). The minimum atomic E-state index is -0.296. The predicted octanol–water partition coefficient (Wildman–Crippen LogP) is 3.11. The van der Waals surface area contributed by atoms with E-state index in [-0.39, 0.29) is 5.82 Å². The Labute approximate surface area is 102 Å². The quantitative estimate of drug-likeness (QED) is 0.610. The largest absolute Gasteiger partial charge is 0.274 e. The Balaban J connectivity index is 2.23. The second-order valence-corrected chi connectivity index (χ2v) is 3.77. The van der Waals surface area contributed by atoms with Gasteiger partial charge in [0.05, 0.1) is 24.0 Å². The van der Waals surface area contributed by atoms with Crippen LogP contribution in [-0.2, 0) is 0 Å². The van der Waals surface area contributed by atoms with Crippen molar-refractivity contribution < 1.29 is 4.39 Å². The van der Waals surface area contributed by atoms with Crippen molar-refractivity contribution in [2.24, 2.45) is 0 Å². The molecule has 4 nitrogen and oxygen atoms in total. The molecular formula is C13H7FN4. The summed E-state index contributed by atoms with van der Waals surface area (Å²) >= 11 is 0. The fourth-order valence-electron chi connectivity index (χ4n) is 1.80. The molecule has 0 bridgehead atoms. The van der Waals surface area contributed by atoms with E-state index < -0.39 is 0 Å². The lowest BCUT2D eigenvalue weighted by Gasteiger charge is -2.03. The van der Waals surface area contributed by atoms with Gasteiger partial charge in [0.1, 0.15) is 5.82 Å². The third-order valence-corrected chi connectivity index (χ3v) is 2.61. The second-order valence-electron chi connectivity index (χ2n) is 3.77. The summed E-state index contributed by atoms with van der Waals surface area (Å²) in [7, 11) is 0. The van der Waals surface area contributed by atoms with Gasteiger partial charge in [-0.3, -0.25) is 4.98 Å². The Kier molecular flexibility index (Phi) is 2.27. The summed E-state index contributed by atoms with van der Waals surface area (Å²) in [6.45, 7) is 6.96. The standard InChI is InChI=1S/C13H7FN4/c1-15-11-5-12(8-16-7-11)18-13-3-2-10(14)4-9(13)6-17-18/h2-8H. The minimum absolute atomic E-state index is 0.296. The van der Waals surface area contributed by atoms with Crippen molar-refractivity contribution in [1.82, 2.24) is 14.8 Å². The summed E-state index contributed by atoms with van der Waals surface area (Å²) in [6.07, 6.45) is 4.69. The van der Waals surface area contributed by atoms with Crippen LogP contribution in [0.4, 0.5) is 10.1 Å². The lowest BCUT2D eigenvalue weighted by atomic mass is 10.2. The highest BCUT2D eigenvalue weighted by Gasteiger charge is 2.06. The van der Waals surface area contributed by atoms with Crippen LogP contribution >= 0.6 is 0 Å². The number of fused-ring (bicyclic) bond motifs is 1. The fourth-order valence-corrected chi connectivity index (χ4v) is 1.80. The zero-order valence-electron chi connectivity index (χ0n) is 9.21. The number of hydrogen-bond acceptors (Lipinski definition) is 2. The number of hydrogen-bond donors (Lipinski definition) is 0. The van der Waals surface area contributed by atoms with Crippen LogP contribution in [0.5, 0.6) is 0 Å². The van der Waals surface area contributed by atoms with Gasteiger partial charge >= 0.3 is 0 Å². The van der Waals surface area contributed by atoms with Crippen LogP contribution in [0.2, 0.25) is 0 Å². The molecule has 3 aromatic rings. The van der Waals surface area contributed by atoms with Crippen molar-refractivity contribution in [3.8, 4) is 5.69 Å². The number of nitrogens with zero attached hydrogens (tertiary/aromatic N) is 4. The molecule has 0 radical (unpaired) electrons. The highest BCUT2D eigenvalue weighted by Crippen LogP contribution is 2.21. The molecule has 0 N–H and O–H groups in total. The number of benzene rings is 1. The van der Waals surface area contributed by atoms with Crippen molar-refractivity contribution in [2.45, 2.75) is 0 Å². The van der Waals surface area contributed by atoms with Gasteiger partial charge in [0.15, 0.2) is 0 Å². The molecule has 0 aliphatic heterocycles. The van der Waals surface area contributed by atoms with Crippen molar-refractivity contribution >= 4 is 16.6 Å². The molecule has 5 heteroatoms. The molecule has 2 aromatic heterocycles. The average Bonchev–Trinajstić information content (AvgIpc) is 2.81. The summed E-state index contributed by atoms with van der Waals surface area (Å²) in [5, 5.41) is 4.90. The topological polar surface area (TPSA) is 35.1 Å². The van der Waals surface area contributed by atoms with Crippen molar-refractivity contribution in [3.63, 3.8) is 0 Å². The molecular weight excluding hydrogens is 231 g/mol. The molecule has 0 saturated heterocycles. The highest BCUT2D eigenvalue weighted by molar-refractivity contribution is 5.80. The second kappa shape index (κ2) is 3.93. The van der Waals surface area contributed by atoms with E-state index in [0.717, 1.165) is 5.52 Å². The van der Waals surface area contributed by atoms with Gasteiger partial charge in [-0.2, -0.15) is 5.10 Å². The lowest BCUT2D eigenvalue weighted by Crippen LogP contribution is -1.96. The molecule has 86 valence electrons. The van der Waals surface area contributed by atoms with Crippen molar-refractivity contribution in [1.29, 1.82) is 0 Å². The zero-order chi connectivity index (χ0) is 12.5. The molecule has 0 atom stereocenters. The Bertz CT molecular complexity index is 770. The van der Waals surface area contributed by atoms with Crippen LogP contribution in [0.1, 0.15) is 0 Å². The molecule has 0 spiro atoms. The van der Waals surface area contributed by atoms with Gasteiger partial charge in [-0.25, -0.2) is 13.9 Å². The number of aromatic nitrogens is 3. The van der Waals surface area contributed by atoms with E-state index in [9.17, 15) is 4.39 Å². The van der Waals surface area contributed by atoms with Gasteiger partial charge in [0.2, 0.25) is 5.69 Å². The van der Waals surface area contributed by atoms with Crippen LogP contribution in [-0.4, -0.2) is 14.8 Å². The van der Waals surface area contributed by atoms with Crippen LogP contribution in [0.3, 0.4) is 0 Å². The normalized spacial score (nSPS) is 10.4. The van der Waals surface area contributed by atoms with Gasteiger partial charge in [0, 0.05) is 17.8 Å². The molecule has 0 aliphatic carbocycles. The molecule has 0 unspecified atom stereocenters. The van der Waals surface area contributed by atoms with E-state index in [4.69, 9.17) is 6.57 Å². The number of halogens is 1. The third-order valence-electron chi connectivity index (χ3n) is 2.61. The van der Waals surface area contributed by atoms with E-state index >= 15 is 0 Å². The SMILES string of the molecule is [C-]#[N+]c1cncc(-n2ncc3cc(F)ccc32)c1. The Morgan fingerprint density at radius 3 is 2.89 bits per heavy atom. The minimum Gasteiger partial charge on any atom is -0.274 e. The Morgan fingerprint density at radius 1 is 1.17 bits per heavy atom. The van der Waals surface area contributed by atoms with Crippen molar-refractivity contribution in [2.75, 3.05) is 0 Å². The average molecular weight is 238 g/mol. The molecule has 18 heavy (non-hydrogen) atoms. The molecule has 0 aliphatic rings. The maximum atomic E-state index is 13.1. The molecule has 2 heterocycles. The van der Waals surface area contributed by atoms with Gasteiger partial charge in [0.25, 0.3) is 0 Å². The Hall–Kier alpha value is -2.74. The van der Waals surface area contributed by atoms with Crippen LogP contribution < -0.4 is 0 Å². The third kappa shape index (κ3) is 1.60. The maximum Gasteiger partial charge on any atom is 0.207 e. The summed E-state index contributed by atoms with van der Waals surface area (Å²) in [4.78, 5) is 7.31. The summed E-state index contributed by atoms with van der Waals surface area (Å²) in [6, 6.07) is 6.15. The van der Waals surface area contributed by atoms with Gasteiger partial charge in [-0.15, -0.1) is 0 Å². The number of rotatable bonds is 1. The van der Waals surface area contributed by atoms with E-state index in [0.29, 0.717) is 16.8 Å². The van der Waals surface area contributed by atoms with E-state index in [1.54, 1.807) is 29.2 Å². The first-order chi connectivity index (χ1) is 8.78. The molecule has 0 fully saturated rings. The molecule has 0 amide bonds. The van der Waals surface area contributed by atoms with Gasteiger partial charge in [-0.05, 0) is 24.3 Å².